The molecule has 0 bridgehead atoms. The zero-order chi connectivity index (χ0) is 25.3. The average molecular weight is 494 g/mol. The van der Waals surface area contributed by atoms with E-state index in [9.17, 15) is 17.7 Å². The van der Waals surface area contributed by atoms with Gasteiger partial charge in [-0.2, -0.15) is 0 Å². The van der Waals surface area contributed by atoms with Gasteiger partial charge in [-0.25, -0.2) is 4.79 Å². The Morgan fingerprint density at radius 1 is 1.03 bits per heavy atom. The molecule has 1 amide bonds. The van der Waals surface area contributed by atoms with Crippen LogP contribution in [0.1, 0.15) is 28.2 Å². The lowest BCUT2D eigenvalue weighted by atomic mass is 9.78. The highest BCUT2D eigenvalue weighted by Crippen LogP contribution is 2.44. The monoisotopic (exact) mass is 494 g/mol. The zero-order valence-corrected chi connectivity index (χ0v) is 20.1. The molecule has 1 saturated heterocycles. The molecule has 1 aliphatic heterocycles. The van der Waals surface area contributed by atoms with Crippen molar-refractivity contribution in [2.24, 2.45) is 0 Å². The summed E-state index contributed by atoms with van der Waals surface area (Å²) in [6, 6.07) is 18.5. The van der Waals surface area contributed by atoms with Crippen molar-refractivity contribution in [3.8, 4) is 11.1 Å². The summed E-state index contributed by atoms with van der Waals surface area (Å²) >= 11 is 0. The van der Waals surface area contributed by atoms with Crippen LogP contribution in [-0.4, -0.2) is 45.9 Å². The Bertz CT molecular complexity index is 1230. The molecule has 3 aromatic rings. The predicted molar refractivity (Wildman–Crippen MR) is 137 cm³/mol. The van der Waals surface area contributed by atoms with Crippen molar-refractivity contribution >= 4 is 24.2 Å². The van der Waals surface area contributed by atoms with Crippen LogP contribution < -0.4 is 21.0 Å². The highest BCUT2D eigenvalue weighted by atomic mass is 19.4. The molecule has 188 valence electrons. The minimum absolute atomic E-state index is 0.0401. The number of piperazine rings is 1. The van der Waals surface area contributed by atoms with Gasteiger partial charge in [0, 0.05) is 44.3 Å². The predicted octanol–water partition coefficient (Wildman–Crippen LogP) is 4.50. The largest absolute Gasteiger partial charge is 0.509 e. The van der Waals surface area contributed by atoms with E-state index in [-0.39, 0.29) is 19.1 Å². The van der Waals surface area contributed by atoms with E-state index < -0.39 is 18.5 Å². The number of fused-ring (bicyclic) bond motifs is 3. The molecule has 5 nitrogen and oxygen atoms in total. The average Bonchev–Trinajstić information content (AvgIpc) is 3.20. The first kappa shape index (κ1) is 24.2. The SMILES string of the molecule is Cc1c(CNC(=O)OCC2c3ccccc3-c3ccccc32)cc([B-](F)(F)F)cc1N1CCNCC1. The van der Waals surface area contributed by atoms with Crippen LogP contribution in [0.5, 0.6) is 0 Å². The third-order valence-electron chi connectivity index (χ3n) is 7.11. The van der Waals surface area contributed by atoms with Crippen LogP contribution in [0, 0.1) is 6.92 Å². The van der Waals surface area contributed by atoms with Gasteiger partial charge in [-0.15, -0.1) is 5.46 Å². The number of benzene rings is 3. The molecule has 0 spiro atoms. The van der Waals surface area contributed by atoms with Crippen molar-refractivity contribution < 1.29 is 22.5 Å². The van der Waals surface area contributed by atoms with Gasteiger partial charge in [0.1, 0.15) is 6.61 Å². The Balaban J connectivity index is 1.29. The second-order valence-corrected chi connectivity index (χ2v) is 9.32. The molecule has 3 aromatic carbocycles. The van der Waals surface area contributed by atoms with Gasteiger partial charge in [-0.1, -0.05) is 60.7 Å². The number of amides is 1. The van der Waals surface area contributed by atoms with Crippen molar-refractivity contribution in [2.45, 2.75) is 19.4 Å². The Labute approximate surface area is 208 Å². The lowest BCUT2D eigenvalue weighted by Gasteiger charge is -2.33. The minimum atomic E-state index is -5.17. The van der Waals surface area contributed by atoms with Crippen molar-refractivity contribution in [3.63, 3.8) is 0 Å². The van der Waals surface area contributed by atoms with Crippen LogP contribution in [0.2, 0.25) is 0 Å². The summed E-state index contributed by atoms with van der Waals surface area (Å²) in [6.45, 7) is -0.560. The highest BCUT2D eigenvalue weighted by Gasteiger charge is 2.30. The lowest BCUT2D eigenvalue weighted by molar-refractivity contribution is 0.142. The van der Waals surface area contributed by atoms with Gasteiger partial charge >= 0.3 is 13.1 Å². The van der Waals surface area contributed by atoms with E-state index >= 15 is 0 Å². The number of hydrogen-bond acceptors (Lipinski definition) is 4. The van der Waals surface area contributed by atoms with E-state index in [0.29, 0.717) is 37.4 Å². The highest BCUT2D eigenvalue weighted by molar-refractivity contribution is 6.73. The number of alkyl carbamates (subject to hydrolysis) is 1. The summed E-state index contributed by atoms with van der Waals surface area (Å²) in [7, 11) is 0. The molecule has 2 N–H and O–H groups in total. The second kappa shape index (κ2) is 9.89. The molecule has 0 radical (unpaired) electrons. The molecular weight excluding hydrogens is 466 g/mol. The first-order valence-electron chi connectivity index (χ1n) is 12.2. The molecule has 1 fully saturated rings. The Kier molecular flexibility index (Phi) is 6.66. The van der Waals surface area contributed by atoms with Crippen LogP contribution in [0.25, 0.3) is 11.1 Å². The van der Waals surface area contributed by atoms with E-state index in [1.807, 2.05) is 41.3 Å². The Morgan fingerprint density at radius 2 is 1.64 bits per heavy atom. The van der Waals surface area contributed by atoms with Crippen molar-refractivity contribution in [1.29, 1.82) is 0 Å². The van der Waals surface area contributed by atoms with Crippen molar-refractivity contribution in [1.82, 2.24) is 10.6 Å². The van der Waals surface area contributed by atoms with E-state index in [1.54, 1.807) is 6.92 Å². The molecule has 0 saturated carbocycles. The maximum Gasteiger partial charge on any atom is 0.509 e. The molecule has 9 heteroatoms. The standard InChI is InChI=1S/C27H28BF3N3O2/c1-18-19(14-20(28(29,30)31)15-26(18)34-12-10-32-11-13-34)16-33-27(35)36-17-25-23-8-4-2-6-21(23)22-7-3-5-9-24(22)25/h2-9,14-15,25,32H,10-13,16-17H2,1H3,(H,33,35)/q-1. The second-order valence-electron chi connectivity index (χ2n) is 9.32. The fraction of sp³-hybridized carbons (Fsp3) is 0.296. The van der Waals surface area contributed by atoms with Crippen molar-refractivity contribution in [2.75, 3.05) is 37.7 Å². The molecule has 0 aromatic heterocycles. The molecule has 2 aliphatic rings. The minimum Gasteiger partial charge on any atom is -0.449 e. The van der Waals surface area contributed by atoms with Crippen LogP contribution in [0.3, 0.4) is 0 Å². The number of carbonyl (C=O) groups is 1. The summed E-state index contributed by atoms with van der Waals surface area (Å²) in [5, 5.41) is 5.89. The van der Waals surface area contributed by atoms with Gasteiger partial charge in [0.05, 0.1) is 0 Å². The quantitative estimate of drug-likeness (QED) is 0.496. The number of rotatable bonds is 6. The summed E-state index contributed by atoms with van der Waals surface area (Å²) < 4.78 is 46.7. The smallest absolute Gasteiger partial charge is 0.449 e. The van der Waals surface area contributed by atoms with Gasteiger partial charge in [0.15, 0.2) is 0 Å². The lowest BCUT2D eigenvalue weighted by Crippen LogP contribution is -2.45. The number of anilines is 1. The van der Waals surface area contributed by atoms with Crippen LogP contribution in [0.4, 0.5) is 23.4 Å². The summed E-state index contributed by atoms with van der Waals surface area (Å²) in [4.78, 5) is 14.6. The van der Waals surface area contributed by atoms with Gasteiger partial charge in [-0.05, 0) is 40.3 Å². The summed E-state index contributed by atoms with van der Waals surface area (Å²) in [6.07, 6.45) is -0.650. The molecule has 36 heavy (non-hydrogen) atoms. The maximum atomic E-state index is 13.7. The Hall–Kier alpha value is -3.46. The van der Waals surface area contributed by atoms with E-state index in [4.69, 9.17) is 4.74 Å². The van der Waals surface area contributed by atoms with Gasteiger partial charge in [0.2, 0.25) is 0 Å². The molecular formula is C27H28BF3N3O2-. The Morgan fingerprint density at radius 3 is 2.25 bits per heavy atom. The molecule has 0 atom stereocenters. The molecule has 1 aliphatic carbocycles. The first-order valence-corrected chi connectivity index (χ1v) is 12.2. The number of ether oxygens (including phenoxy) is 1. The van der Waals surface area contributed by atoms with E-state index in [2.05, 4.69) is 22.8 Å². The maximum absolute atomic E-state index is 13.7. The van der Waals surface area contributed by atoms with Gasteiger partial charge in [0.25, 0.3) is 0 Å². The van der Waals surface area contributed by atoms with Crippen LogP contribution in [-0.2, 0) is 11.3 Å². The van der Waals surface area contributed by atoms with E-state index in [0.717, 1.165) is 33.9 Å². The number of carbonyl (C=O) groups excluding carboxylic acids is 1. The molecule has 0 unspecified atom stereocenters. The molecule has 5 rings (SSSR count). The third kappa shape index (κ3) is 4.80. The first-order chi connectivity index (χ1) is 17.3. The van der Waals surface area contributed by atoms with Crippen molar-refractivity contribution in [3.05, 3.63) is 82.9 Å². The number of nitrogens with one attached hydrogen (secondary N) is 2. The van der Waals surface area contributed by atoms with Crippen LogP contribution >= 0.6 is 0 Å². The van der Waals surface area contributed by atoms with Gasteiger partial charge in [-0.3, -0.25) is 0 Å². The number of halogens is 3. The fourth-order valence-corrected chi connectivity index (χ4v) is 5.21. The summed E-state index contributed by atoms with van der Waals surface area (Å²) in [5.74, 6) is -0.0829. The number of nitrogens with zero attached hydrogens (tertiary/aromatic N) is 1. The molecule has 1 heterocycles. The zero-order valence-electron chi connectivity index (χ0n) is 20.1. The van der Waals surface area contributed by atoms with Crippen LogP contribution in [0.15, 0.2) is 60.7 Å². The third-order valence-corrected chi connectivity index (χ3v) is 7.11. The fourth-order valence-electron chi connectivity index (χ4n) is 5.21. The van der Waals surface area contributed by atoms with E-state index in [1.165, 1.54) is 6.07 Å². The topological polar surface area (TPSA) is 53.6 Å². The summed E-state index contributed by atoms with van der Waals surface area (Å²) in [5.41, 5.74) is 5.55. The van der Waals surface area contributed by atoms with Gasteiger partial charge < -0.3 is 33.2 Å². The normalized spacial score (nSPS) is 15.4. The number of hydrogen-bond donors (Lipinski definition) is 2.